The molecule has 0 aliphatic heterocycles. The Hall–Kier alpha value is -1.59. The smallest absolute Gasteiger partial charge is 0.310 e. The second-order valence-electron chi connectivity index (χ2n) is 5.60. The normalized spacial score (nSPS) is 11.2. The third-order valence-electron chi connectivity index (χ3n) is 2.40. The molecule has 1 aromatic carbocycles. The minimum atomic E-state index is -0.477. The number of ether oxygens (including phenoxy) is 3. The zero-order valence-electron chi connectivity index (χ0n) is 12.9. The summed E-state index contributed by atoms with van der Waals surface area (Å²) in [6, 6.07) is 7.34. The molecule has 21 heavy (non-hydrogen) atoms. The van der Waals surface area contributed by atoms with Crippen molar-refractivity contribution in [3.05, 3.63) is 29.8 Å². The second-order valence-corrected chi connectivity index (χ2v) is 5.60. The lowest BCUT2D eigenvalue weighted by molar-refractivity contribution is -0.153. The first kappa shape index (κ1) is 17.5. The third-order valence-corrected chi connectivity index (χ3v) is 2.40. The average Bonchev–Trinajstić information content (AvgIpc) is 2.36. The van der Waals surface area contributed by atoms with Crippen LogP contribution in [0.3, 0.4) is 0 Å². The van der Waals surface area contributed by atoms with E-state index < -0.39 is 5.60 Å². The average molecular weight is 296 g/mol. The van der Waals surface area contributed by atoms with E-state index in [0.29, 0.717) is 25.6 Å². The summed E-state index contributed by atoms with van der Waals surface area (Å²) in [4.78, 5) is 11.8. The Labute approximate surface area is 125 Å². The first-order chi connectivity index (χ1) is 9.90. The topological polar surface area (TPSA) is 65.0 Å². The molecule has 0 saturated heterocycles. The molecular weight excluding hydrogens is 272 g/mol. The summed E-state index contributed by atoms with van der Waals surface area (Å²) < 4.78 is 15.9. The molecule has 1 rings (SSSR count). The highest BCUT2D eigenvalue weighted by atomic mass is 16.6. The van der Waals surface area contributed by atoms with Gasteiger partial charge in [-0.25, -0.2) is 0 Å². The van der Waals surface area contributed by atoms with E-state index in [1.165, 1.54) is 0 Å². The number of aliphatic hydroxyl groups excluding tert-OH is 1. The fourth-order valence-electron chi connectivity index (χ4n) is 1.67. The molecule has 0 spiro atoms. The monoisotopic (exact) mass is 296 g/mol. The number of carbonyl (C=O) groups is 1. The summed E-state index contributed by atoms with van der Waals surface area (Å²) in [5, 5.41) is 8.57. The van der Waals surface area contributed by atoms with Gasteiger partial charge in [0.15, 0.2) is 0 Å². The molecule has 0 fully saturated rings. The molecule has 0 atom stereocenters. The van der Waals surface area contributed by atoms with E-state index in [2.05, 4.69) is 0 Å². The van der Waals surface area contributed by atoms with E-state index in [-0.39, 0.29) is 19.0 Å². The van der Waals surface area contributed by atoms with Gasteiger partial charge in [-0.3, -0.25) is 4.79 Å². The van der Waals surface area contributed by atoms with Crippen LogP contribution in [0, 0.1) is 0 Å². The Balaban J connectivity index is 2.43. The van der Waals surface area contributed by atoms with Crippen molar-refractivity contribution in [2.45, 2.75) is 32.8 Å². The van der Waals surface area contributed by atoms with Crippen LogP contribution in [0.25, 0.3) is 0 Å². The van der Waals surface area contributed by atoms with Crippen molar-refractivity contribution in [1.82, 2.24) is 0 Å². The van der Waals surface area contributed by atoms with Crippen LogP contribution in [0.15, 0.2) is 24.3 Å². The molecule has 0 unspecified atom stereocenters. The molecule has 1 aromatic rings. The fraction of sp³-hybridized carbons (Fsp3) is 0.562. The zero-order valence-corrected chi connectivity index (χ0v) is 12.9. The molecule has 5 heteroatoms. The lowest BCUT2D eigenvalue weighted by atomic mass is 10.1. The number of rotatable bonds is 8. The van der Waals surface area contributed by atoms with Crippen molar-refractivity contribution >= 4 is 5.97 Å². The summed E-state index contributed by atoms with van der Waals surface area (Å²) in [5.41, 5.74) is 0.368. The standard InChI is InChI=1S/C16H24O5/c1-16(2,3)21-15(18)12-13-5-4-6-14(11-13)20-10-9-19-8-7-17/h4-6,11,17H,7-10,12H2,1-3H3. The van der Waals surface area contributed by atoms with E-state index in [1.54, 1.807) is 0 Å². The van der Waals surface area contributed by atoms with Gasteiger partial charge in [0.05, 0.1) is 26.2 Å². The molecule has 1 N–H and O–H groups in total. The van der Waals surface area contributed by atoms with Crippen LogP contribution in [0.1, 0.15) is 26.3 Å². The van der Waals surface area contributed by atoms with Crippen LogP contribution in [-0.4, -0.2) is 43.1 Å². The Morgan fingerprint density at radius 2 is 1.95 bits per heavy atom. The van der Waals surface area contributed by atoms with Gasteiger partial charge in [-0.1, -0.05) is 12.1 Å². The summed E-state index contributed by atoms with van der Waals surface area (Å²) in [6.45, 7) is 6.66. The van der Waals surface area contributed by atoms with Crippen LogP contribution in [0.5, 0.6) is 5.75 Å². The van der Waals surface area contributed by atoms with Crippen molar-refractivity contribution in [3.8, 4) is 5.75 Å². The predicted octanol–water partition coefficient (Wildman–Crippen LogP) is 1.96. The predicted molar refractivity (Wildman–Crippen MR) is 79.4 cm³/mol. The first-order valence-electron chi connectivity index (χ1n) is 7.03. The minimum absolute atomic E-state index is 0.00533. The fourth-order valence-corrected chi connectivity index (χ4v) is 1.67. The van der Waals surface area contributed by atoms with E-state index in [4.69, 9.17) is 19.3 Å². The number of benzene rings is 1. The van der Waals surface area contributed by atoms with Gasteiger partial charge in [0.2, 0.25) is 0 Å². The molecular formula is C16H24O5. The summed E-state index contributed by atoms with van der Waals surface area (Å²) in [6.07, 6.45) is 0.218. The van der Waals surface area contributed by atoms with Gasteiger partial charge in [-0.05, 0) is 38.5 Å². The second kappa shape index (κ2) is 8.64. The van der Waals surface area contributed by atoms with E-state index in [0.717, 1.165) is 5.56 Å². The largest absolute Gasteiger partial charge is 0.491 e. The Kier molecular flexibility index (Phi) is 7.19. The van der Waals surface area contributed by atoms with Gasteiger partial charge in [-0.2, -0.15) is 0 Å². The van der Waals surface area contributed by atoms with E-state index in [9.17, 15) is 4.79 Å². The Morgan fingerprint density at radius 1 is 1.19 bits per heavy atom. The van der Waals surface area contributed by atoms with Crippen LogP contribution in [0.4, 0.5) is 0 Å². The Morgan fingerprint density at radius 3 is 2.62 bits per heavy atom. The number of aliphatic hydroxyl groups is 1. The molecule has 0 aromatic heterocycles. The van der Waals surface area contributed by atoms with E-state index in [1.807, 2.05) is 45.0 Å². The van der Waals surface area contributed by atoms with Crippen molar-refractivity contribution in [1.29, 1.82) is 0 Å². The summed E-state index contributed by atoms with van der Waals surface area (Å²) in [5.74, 6) is 0.426. The number of carbonyl (C=O) groups excluding carboxylic acids is 1. The highest BCUT2D eigenvalue weighted by molar-refractivity contribution is 5.73. The van der Waals surface area contributed by atoms with Gasteiger partial charge < -0.3 is 19.3 Å². The van der Waals surface area contributed by atoms with Gasteiger partial charge in [0, 0.05) is 0 Å². The minimum Gasteiger partial charge on any atom is -0.491 e. The molecule has 0 radical (unpaired) electrons. The van der Waals surface area contributed by atoms with Crippen LogP contribution >= 0.6 is 0 Å². The maximum atomic E-state index is 11.8. The quantitative estimate of drug-likeness (QED) is 0.587. The van der Waals surface area contributed by atoms with Crippen molar-refractivity contribution < 1.29 is 24.1 Å². The van der Waals surface area contributed by atoms with Gasteiger partial charge in [-0.15, -0.1) is 0 Å². The molecule has 0 aliphatic rings. The number of hydrogen-bond donors (Lipinski definition) is 1. The van der Waals surface area contributed by atoms with Gasteiger partial charge >= 0.3 is 5.97 Å². The maximum Gasteiger partial charge on any atom is 0.310 e. The molecule has 5 nitrogen and oxygen atoms in total. The van der Waals surface area contributed by atoms with Crippen molar-refractivity contribution in [2.75, 3.05) is 26.4 Å². The van der Waals surface area contributed by atoms with Crippen molar-refractivity contribution in [2.24, 2.45) is 0 Å². The molecule has 0 saturated carbocycles. The van der Waals surface area contributed by atoms with E-state index >= 15 is 0 Å². The summed E-state index contributed by atoms with van der Waals surface area (Å²) >= 11 is 0. The Bertz CT molecular complexity index is 437. The van der Waals surface area contributed by atoms with Crippen LogP contribution < -0.4 is 4.74 Å². The third kappa shape index (κ3) is 8.32. The summed E-state index contributed by atoms with van der Waals surface area (Å²) in [7, 11) is 0. The van der Waals surface area contributed by atoms with Crippen LogP contribution in [-0.2, 0) is 20.7 Å². The van der Waals surface area contributed by atoms with Gasteiger partial charge in [0.25, 0.3) is 0 Å². The highest BCUT2D eigenvalue weighted by Gasteiger charge is 2.16. The van der Waals surface area contributed by atoms with Crippen LogP contribution in [0.2, 0.25) is 0 Å². The molecule has 0 aliphatic carbocycles. The molecule has 0 heterocycles. The zero-order chi connectivity index (χ0) is 15.7. The number of esters is 1. The van der Waals surface area contributed by atoms with Gasteiger partial charge in [0.1, 0.15) is 18.0 Å². The maximum absolute atomic E-state index is 11.8. The number of hydrogen-bond acceptors (Lipinski definition) is 5. The highest BCUT2D eigenvalue weighted by Crippen LogP contribution is 2.15. The van der Waals surface area contributed by atoms with Crippen molar-refractivity contribution in [3.63, 3.8) is 0 Å². The molecule has 0 bridgehead atoms. The lowest BCUT2D eigenvalue weighted by Crippen LogP contribution is -2.24. The lowest BCUT2D eigenvalue weighted by Gasteiger charge is -2.19. The SMILES string of the molecule is CC(C)(C)OC(=O)Cc1cccc(OCCOCCO)c1. The molecule has 118 valence electrons. The molecule has 0 amide bonds. The first-order valence-corrected chi connectivity index (χ1v) is 7.03.